The number of furan rings is 1. The van der Waals surface area contributed by atoms with Crippen molar-refractivity contribution >= 4 is 68.1 Å². The maximum absolute atomic E-state index is 7.11. The topological polar surface area (TPSA) is 28.9 Å². The third-order valence-corrected chi connectivity index (χ3v) is 12.6. The molecule has 0 atom stereocenters. The van der Waals surface area contributed by atoms with Crippen LogP contribution in [0.3, 0.4) is 0 Å². The summed E-state index contributed by atoms with van der Waals surface area (Å²) in [6.45, 7) is 27.5. The molecule has 4 heterocycles. The number of benzene rings is 6. The van der Waals surface area contributed by atoms with E-state index >= 15 is 0 Å². The zero-order chi connectivity index (χ0) is 40.1. The van der Waals surface area contributed by atoms with Gasteiger partial charge in [-0.1, -0.05) is 126 Å². The first kappa shape index (κ1) is 36.0. The van der Waals surface area contributed by atoms with Crippen molar-refractivity contribution < 1.29 is 9.15 Å². The summed E-state index contributed by atoms with van der Waals surface area (Å²) in [6, 6.07) is 39.0. The minimum atomic E-state index is -0.142. The molecule has 0 saturated heterocycles. The molecule has 10 rings (SSSR count). The van der Waals surface area contributed by atoms with Gasteiger partial charge in [0.25, 0.3) is 0 Å². The van der Waals surface area contributed by atoms with Gasteiger partial charge in [-0.15, -0.1) is 0 Å². The van der Waals surface area contributed by atoms with Gasteiger partial charge >= 0.3 is 6.85 Å². The van der Waals surface area contributed by atoms with Crippen LogP contribution in [0.1, 0.15) is 105 Å². The van der Waals surface area contributed by atoms with E-state index in [1.165, 1.54) is 55.7 Å². The quantitative estimate of drug-likeness (QED) is 0.156. The van der Waals surface area contributed by atoms with Gasteiger partial charge in [-0.2, -0.15) is 0 Å². The fourth-order valence-corrected chi connectivity index (χ4v) is 9.24. The van der Waals surface area contributed by atoms with Crippen molar-refractivity contribution in [1.82, 2.24) is 0 Å². The van der Waals surface area contributed by atoms with Gasteiger partial charge < -0.3 is 18.9 Å². The maximum Gasteiger partial charge on any atom is 0.333 e. The van der Waals surface area contributed by atoms with E-state index in [9.17, 15) is 0 Å². The lowest BCUT2D eigenvalue weighted by molar-refractivity contribution is 0.470. The third-order valence-electron chi connectivity index (χ3n) is 12.6. The first-order chi connectivity index (χ1) is 26.8. The van der Waals surface area contributed by atoms with E-state index in [0.29, 0.717) is 0 Å². The Balaban J connectivity index is 1.36. The standard InChI is InChI=1S/C52H53BN2O2/c1-49(2,3)30-17-20-34(21-18-30)54-41-28-36-35-15-13-14-16-43(35)56-44(36)29-39(41)53-47-37(23-32(25-42(47)54)51(7,8)9)38-24-33(52(10,11)12)27-46-48(38)55(53)40-22-19-31(50(4,5)6)26-45(40)57-46/h13-29H,1-12H3. The van der Waals surface area contributed by atoms with Crippen LogP contribution in [0.5, 0.6) is 11.5 Å². The monoisotopic (exact) mass is 748 g/mol. The van der Waals surface area contributed by atoms with Crippen LogP contribution in [0.2, 0.25) is 0 Å². The number of rotatable bonds is 1. The van der Waals surface area contributed by atoms with E-state index in [1.54, 1.807) is 0 Å². The smallest absolute Gasteiger partial charge is 0.333 e. The van der Waals surface area contributed by atoms with Gasteiger partial charge in [0.05, 0.1) is 11.4 Å². The summed E-state index contributed by atoms with van der Waals surface area (Å²) in [5.41, 5.74) is 17.5. The number of hydrogen-bond donors (Lipinski definition) is 0. The molecule has 0 amide bonds. The summed E-state index contributed by atoms with van der Waals surface area (Å²) in [4.78, 5) is 5.13. The Kier molecular flexibility index (Phi) is 7.31. The third kappa shape index (κ3) is 5.41. The maximum atomic E-state index is 7.11. The van der Waals surface area contributed by atoms with Crippen molar-refractivity contribution in [3.8, 4) is 22.6 Å². The average molecular weight is 749 g/mol. The molecule has 0 aliphatic carbocycles. The van der Waals surface area contributed by atoms with Crippen molar-refractivity contribution in [2.24, 2.45) is 0 Å². The Morgan fingerprint density at radius 3 is 1.77 bits per heavy atom. The summed E-state index contributed by atoms with van der Waals surface area (Å²) >= 11 is 0. The number of fused-ring (bicyclic) bond motifs is 9. The summed E-state index contributed by atoms with van der Waals surface area (Å²) in [6.07, 6.45) is 0. The van der Waals surface area contributed by atoms with E-state index in [0.717, 1.165) is 50.5 Å². The van der Waals surface area contributed by atoms with Crippen molar-refractivity contribution in [1.29, 1.82) is 0 Å². The molecule has 0 N–H and O–H groups in total. The number of hydrogen-bond acceptors (Lipinski definition) is 4. The zero-order valence-electron chi connectivity index (χ0n) is 35.6. The second-order valence-corrected chi connectivity index (χ2v) is 20.8. The molecule has 286 valence electrons. The Labute approximate surface area is 338 Å². The highest BCUT2D eigenvalue weighted by Gasteiger charge is 2.49. The highest BCUT2D eigenvalue weighted by Crippen LogP contribution is 2.57. The van der Waals surface area contributed by atoms with Crippen LogP contribution in [-0.4, -0.2) is 6.85 Å². The number of para-hydroxylation sites is 1. The molecule has 0 unspecified atom stereocenters. The van der Waals surface area contributed by atoms with Gasteiger partial charge in [0.1, 0.15) is 16.9 Å². The van der Waals surface area contributed by atoms with E-state index in [2.05, 4.69) is 196 Å². The van der Waals surface area contributed by atoms with Crippen LogP contribution in [-0.2, 0) is 21.7 Å². The normalized spacial score (nSPS) is 14.7. The minimum absolute atomic E-state index is 0.0323. The van der Waals surface area contributed by atoms with Gasteiger partial charge in [-0.3, -0.25) is 0 Å². The molecule has 3 aliphatic rings. The summed E-state index contributed by atoms with van der Waals surface area (Å²) in [5, 5.41) is 2.26. The van der Waals surface area contributed by atoms with E-state index in [4.69, 9.17) is 9.15 Å². The van der Waals surface area contributed by atoms with Crippen LogP contribution in [0.15, 0.2) is 108 Å². The van der Waals surface area contributed by atoms with Gasteiger partial charge in [-0.25, -0.2) is 0 Å². The first-order valence-electron chi connectivity index (χ1n) is 20.6. The predicted octanol–water partition coefficient (Wildman–Crippen LogP) is 13.6. The first-order valence-corrected chi connectivity index (χ1v) is 20.6. The van der Waals surface area contributed by atoms with Crippen LogP contribution in [0, 0.1) is 0 Å². The lowest BCUT2D eigenvalue weighted by Gasteiger charge is -2.48. The molecule has 57 heavy (non-hydrogen) atoms. The van der Waals surface area contributed by atoms with E-state index in [-0.39, 0.29) is 28.5 Å². The zero-order valence-corrected chi connectivity index (χ0v) is 35.6. The molecule has 5 heteroatoms. The van der Waals surface area contributed by atoms with Gasteiger partial charge in [0.15, 0.2) is 5.75 Å². The second kappa shape index (κ2) is 11.6. The number of anilines is 5. The fourth-order valence-electron chi connectivity index (χ4n) is 9.24. The van der Waals surface area contributed by atoms with Crippen LogP contribution in [0.25, 0.3) is 33.1 Å². The molecular formula is C52H53BN2O2. The summed E-state index contributed by atoms with van der Waals surface area (Å²) < 4.78 is 13.8. The summed E-state index contributed by atoms with van der Waals surface area (Å²) in [7, 11) is 0. The molecule has 6 aromatic carbocycles. The Morgan fingerprint density at radius 2 is 1.09 bits per heavy atom. The predicted molar refractivity (Wildman–Crippen MR) is 242 cm³/mol. The Bertz CT molecular complexity index is 2820. The fraction of sp³-hybridized carbons (Fsp3) is 0.308. The average Bonchev–Trinajstić information content (AvgIpc) is 3.50. The van der Waals surface area contributed by atoms with Gasteiger partial charge in [0, 0.05) is 33.4 Å². The van der Waals surface area contributed by atoms with E-state index in [1.807, 2.05) is 0 Å². The van der Waals surface area contributed by atoms with Crippen molar-refractivity contribution in [3.05, 3.63) is 125 Å². The van der Waals surface area contributed by atoms with Crippen LogP contribution in [0.4, 0.5) is 28.4 Å². The van der Waals surface area contributed by atoms with Crippen LogP contribution < -0.4 is 25.4 Å². The molecule has 0 saturated carbocycles. The highest BCUT2D eigenvalue weighted by atomic mass is 16.5. The van der Waals surface area contributed by atoms with Crippen molar-refractivity contribution in [3.63, 3.8) is 0 Å². The molecule has 0 radical (unpaired) electrons. The summed E-state index contributed by atoms with van der Waals surface area (Å²) in [5.74, 6) is 1.81. The van der Waals surface area contributed by atoms with Crippen molar-refractivity contribution in [2.75, 3.05) is 9.71 Å². The molecule has 7 aromatic rings. The van der Waals surface area contributed by atoms with Gasteiger partial charge in [0.2, 0.25) is 0 Å². The largest absolute Gasteiger partial charge is 0.456 e. The lowest BCUT2D eigenvalue weighted by atomic mass is 9.43. The number of nitrogens with zero attached hydrogens (tertiary/aromatic N) is 2. The van der Waals surface area contributed by atoms with Crippen molar-refractivity contribution in [2.45, 2.75) is 105 Å². The molecule has 4 nitrogen and oxygen atoms in total. The lowest BCUT2D eigenvalue weighted by Crippen LogP contribution is -2.62. The molecular weight excluding hydrogens is 695 g/mol. The molecule has 0 spiro atoms. The van der Waals surface area contributed by atoms with Crippen LogP contribution >= 0.6 is 0 Å². The SMILES string of the molecule is CC(C)(C)c1ccc(N2c3cc4c(cc3B3c5c(cc(C(C)(C)C)cc52)-c2cc(C(C)(C)C)cc5c2N3c2ccc(C(C)(C)C)cc2O5)oc2ccccc24)cc1. The van der Waals surface area contributed by atoms with E-state index < -0.39 is 0 Å². The molecule has 3 aliphatic heterocycles. The molecule has 0 bridgehead atoms. The molecule has 1 aromatic heterocycles. The Hall–Kier alpha value is -5.42. The second-order valence-electron chi connectivity index (χ2n) is 20.8. The Morgan fingerprint density at radius 1 is 0.474 bits per heavy atom. The number of ether oxygens (including phenoxy) is 1. The van der Waals surface area contributed by atoms with Gasteiger partial charge in [-0.05, 0) is 121 Å². The molecule has 0 fully saturated rings. The minimum Gasteiger partial charge on any atom is -0.456 e. The highest BCUT2D eigenvalue weighted by molar-refractivity contribution is 6.94.